The summed E-state index contributed by atoms with van der Waals surface area (Å²) in [5.74, 6) is 2.41. The minimum atomic E-state index is -0.688. The number of para-hydroxylation sites is 1. The molecule has 0 bridgehead atoms. The van der Waals surface area contributed by atoms with Crippen LogP contribution in [-0.2, 0) is 11.2 Å². The lowest BCUT2D eigenvalue weighted by atomic mass is 9.89. The highest BCUT2D eigenvalue weighted by atomic mass is 16.6. The fraction of sp³-hybridized carbons (Fsp3) is 0.650. The van der Waals surface area contributed by atoms with E-state index < -0.39 is 12.0 Å². The number of fused-ring (bicyclic) bond motifs is 1. The highest BCUT2D eigenvalue weighted by molar-refractivity contribution is 5.80. The van der Waals surface area contributed by atoms with Crippen molar-refractivity contribution >= 4 is 5.91 Å². The third-order valence-electron chi connectivity index (χ3n) is 5.51. The van der Waals surface area contributed by atoms with Crippen LogP contribution in [0.3, 0.4) is 0 Å². The Morgan fingerprint density at radius 1 is 1.36 bits per heavy atom. The zero-order valence-corrected chi connectivity index (χ0v) is 15.4. The molecule has 0 spiro atoms. The number of piperidine rings is 1. The van der Waals surface area contributed by atoms with Crippen LogP contribution in [0.1, 0.15) is 38.7 Å². The van der Waals surface area contributed by atoms with Gasteiger partial charge < -0.3 is 20.1 Å². The van der Waals surface area contributed by atoms with E-state index >= 15 is 0 Å². The van der Waals surface area contributed by atoms with Crippen LogP contribution in [0, 0.1) is 11.8 Å². The second-order valence-electron chi connectivity index (χ2n) is 7.53. The lowest BCUT2D eigenvalue weighted by Crippen LogP contribution is -2.41. The van der Waals surface area contributed by atoms with Gasteiger partial charge in [-0.1, -0.05) is 32.4 Å². The third kappa shape index (κ3) is 4.46. The molecule has 0 aliphatic carbocycles. The quantitative estimate of drug-likeness (QED) is 0.860. The number of carbonyl (C=O) groups excluding carboxylic acids is 1. The van der Waals surface area contributed by atoms with Crippen LogP contribution < -0.4 is 15.2 Å². The maximum Gasteiger partial charge on any atom is 0.262 e. The van der Waals surface area contributed by atoms with Gasteiger partial charge in [0.05, 0.1) is 0 Å². The van der Waals surface area contributed by atoms with Crippen LogP contribution in [0.5, 0.6) is 11.5 Å². The number of hydrogen-bond donors (Lipinski definition) is 1. The van der Waals surface area contributed by atoms with Crippen molar-refractivity contribution in [2.75, 3.05) is 26.2 Å². The van der Waals surface area contributed by atoms with Crippen LogP contribution in [0.15, 0.2) is 18.2 Å². The molecule has 0 saturated carbocycles. The first-order valence-corrected chi connectivity index (χ1v) is 9.49. The van der Waals surface area contributed by atoms with Gasteiger partial charge in [0.15, 0.2) is 11.5 Å². The molecule has 5 heteroatoms. The Balaban J connectivity index is 1.58. The molecule has 2 aliphatic heterocycles. The first-order chi connectivity index (χ1) is 12.1. The van der Waals surface area contributed by atoms with Crippen molar-refractivity contribution in [3.63, 3.8) is 0 Å². The topological polar surface area (TPSA) is 64.8 Å². The molecule has 25 heavy (non-hydrogen) atoms. The first-order valence-electron chi connectivity index (χ1n) is 9.49. The van der Waals surface area contributed by atoms with Gasteiger partial charge in [0.2, 0.25) is 6.10 Å². The molecule has 2 unspecified atom stereocenters. The zero-order chi connectivity index (χ0) is 17.8. The fourth-order valence-corrected chi connectivity index (χ4v) is 3.72. The molecule has 0 radical (unpaired) electrons. The Hall–Kier alpha value is -1.75. The number of primary amides is 1. The molecule has 5 nitrogen and oxygen atoms in total. The summed E-state index contributed by atoms with van der Waals surface area (Å²) in [6.07, 6.45) is 4.02. The number of benzene rings is 1. The van der Waals surface area contributed by atoms with Gasteiger partial charge in [-0.05, 0) is 55.8 Å². The van der Waals surface area contributed by atoms with Crippen LogP contribution in [0.25, 0.3) is 0 Å². The summed E-state index contributed by atoms with van der Waals surface area (Å²) in [6.45, 7) is 8.39. The van der Waals surface area contributed by atoms with E-state index in [1.165, 1.54) is 44.5 Å². The summed E-state index contributed by atoms with van der Waals surface area (Å²) in [7, 11) is 0. The van der Waals surface area contributed by atoms with Gasteiger partial charge in [-0.3, -0.25) is 4.79 Å². The van der Waals surface area contributed by atoms with Crippen LogP contribution in [0.2, 0.25) is 0 Å². The summed E-state index contributed by atoms with van der Waals surface area (Å²) >= 11 is 0. The smallest absolute Gasteiger partial charge is 0.262 e. The van der Waals surface area contributed by atoms with Crippen LogP contribution >= 0.6 is 0 Å². The molecule has 0 aromatic heterocycles. The highest BCUT2D eigenvalue weighted by Gasteiger charge is 2.28. The molecule has 2 aliphatic rings. The number of rotatable bonds is 6. The fourth-order valence-electron chi connectivity index (χ4n) is 3.72. The standard InChI is InChI=1S/C20H30N2O3/c1-3-14(2)12-22-9-7-15(8-10-22)11-16-5-4-6-17-19(16)24-13-18(25-17)20(21)23/h4-6,14-15,18H,3,7-13H2,1-2H3,(H2,21,23). The van der Waals surface area contributed by atoms with Gasteiger partial charge in [-0.2, -0.15) is 0 Å². The Kier molecular flexibility index (Phi) is 5.84. The van der Waals surface area contributed by atoms with Gasteiger partial charge in [0, 0.05) is 6.54 Å². The average molecular weight is 346 g/mol. The number of likely N-dealkylation sites (tertiary alicyclic amines) is 1. The maximum atomic E-state index is 11.3. The van der Waals surface area contributed by atoms with Gasteiger partial charge >= 0.3 is 0 Å². The van der Waals surface area contributed by atoms with Gasteiger partial charge in [-0.15, -0.1) is 0 Å². The van der Waals surface area contributed by atoms with Crippen molar-refractivity contribution in [1.29, 1.82) is 0 Å². The molecule has 1 aromatic carbocycles. The largest absolute Gasteiger partial charge is 0.485 e. The number of amides is 1. The predicted molar refractivity (Wildman–Crippen MR) is 97.9 cm³/mol. The van der Waals surface area contributed by atoms with E-state index in [1.54, 1.807) is 0 Å². The van der Waals surface area contributed by atoms with E-state index in [1.807, 2.05) is 12.1 Å². The summed E-state index contributed by atoms with van der Waals surface area (Å²) in [5, 5.41) is 0. The molecule has 2 N–H and O–H groups in total. The second kappa shape index (κ2) is 8.09. The normalized spacial score (nSPS) is 22.6. The molecule has 1 amide bonds. The molecular weight excluding hydrogens is 316 g/mol. The molecule has 1 saturated heterocycles. The lowest BCUT2D eigenvalue weighted by Gasteiger charge is -2.34. The Morgan fingerprint density at radius 3 is 2.80 bits per heavy atom. The number of hydrogen-bond acceptors (Lipinski definition) is 4. The molecule has 138 valence electrons. The van der Waals surface area contributed by atoms with E-state index in [9.17, 15) is 4.79 Å². The minimum Gasteiger partial charge on any atom is -0.485 e. The van der Waals surface area contributed by atoms with E-state index in [0.717, 1.165) is 18.1 Å². The van der Waals surface area contributed by atoms with Gasteiger partial charge in [-0.25, -0.2) is 0 Å². The predicted octanol–water partition coefficient (Wildman–Crippen LogP) is 2.61. The van der Waals surface area contributed by atoms with E-state index in [4.69, 9.17) is 15.2 Å². The Bertz CT molecular complexity index is 597. The monoisotopic (exact) mass is 346 g/mol. The van der Waals surface area contributed by atoms with Gasteiger partial charge in [0.1, 0.15) is 6.61 Å². The summed E-state index contributed by atoms with van der Waals surface area (Å²) in [5.41, 5.74) is 6.50. The van der Waals surface area contributed by atoms with Crippen molar-refractivity contribution in [3.8, 4) is 11.5 Å². The van der Waals surface area contributed by atoms with Crippen LogP contribution in [0.4, 0.5) is 0 Å². The molecule has 1 fully saturated rings. The van der Waals surface area contributed by atoms with Crippen molar-refractivity contribution in [1.82, 2.24) is 4.90 Å². The lowest BCUT2D eigenvalue weighted by molar-refractivity contribution is -0.127. The number of ether oxygens (including phenoxy) is 2. The van der Waals surface area contributed by atoms with Gasteiger partial charge in [0.25, 0.3) is 5.91 Å². The highest BCUT2D eigenvalue weighted by Crippen LogP contribution is 2.37. The zero-order valence-electron chi connectivity index (χ0n) is 15.4. The number of carbonyl (C=O) groups is 1. The maximum absolute atomic E-state index is 11.3. The van der Waals surface area contributed by atoms with Crippen molar-refractivity contribution in [3.05, 3.63) is 23.8 Å². The van der Waals surface area contributed by atoms with E-state index in [2.05, 4.69) is 24.8 Å². The number of nitrogens with two attached hydrogens (primary N) is 1. The summed E-state index contributed by atoms with van der Waals surface area (Å²) < 4.78 is 11.5. The molecular formula is C20H30N2O3. The summed E-state index contributed by atoms with van der Waals surface area (Å²) in [4.78, 5) is 13.9. The number of nitrogens with zero attached hydrogens (tertiary/aromatic N) is 1. The van der Waals surface area contributed by atoms with Crippen LogP contribution in [-0.4, -0.2) is 43.2 Å². The SMILES string of the molecule is CCC(C)CN1CCC(Cc2cccc3c2OCC(C(N)=O)O3)CC1. The second-order valence-corrected chi connectivity index (χ2v) is 7.53. The third-order valence-corrected chi connectivity index (χ3v) is 5.51. The average Bonchev–Trinajstić information content (AvgIpc) is 2.63. The molecule has 3 rings (SSSR count). The van der Waals surface area contributed by atoms with E-state index in [-0.39, 0.29) is 6.61 Å². The van der Waals surface area contributed by atoms with E-state index in [0.29, 0.717) is 11.7 Å². The minimum absolute atomic E-state index is 0.201. The van der Waals surface area contributed by atoms with Crippen molar-refractivity contribution in [2.45, 2.75) is 45.6 Å². The Morgan fingerprint density at radius 2 is 2.12 bits per heavy atom. The molecule has 2 atom stereocenters. The first kappa shape index (κ1) is 18.1. The Labute approximate surface area is 150 Å². The summed E-state index contributed by atoms with van der Waals surface area (Å²) in [6, 6.07) is 5.93. The molecule has 2 heterocycles. The van der Waals surface area contributed by atoms with Crippen molar-refractivity contribution < 1.29 is 14.3 Å². The van der Waals surface area contributed by atoms with Crippen molar-refractivity contribution in [2.24, 2.45) is 17.6 Å². The molecule has 1 aromatic rings.